The lowest BCUT2D eigenvalue weighted by atomic mass is 10.1. The van der Waals surface area contributed by atoms with Crippen molar-refractivity contribution in [2.45, 2.75) is 19.9 Å². The van der Waals surface area contributed by atoms with Gasteiger partial charge in [-0.2, -0.15) is 5.26 Å². The zero-order valence-corrected chi connectivity index (χ0v) is 22.9. The summed E-state index contributed by atoms with van der Waals surface area (Å²) < 4.78 is 0. The highest BCUT2D eigenvalue weighted by atomic mass is 32.2. The summed E-state index contributed by atoms with van der Waals surface area (Å²) in [4.78, 5) is 23.3. The molecule has 190 valence electrons. The predicted octanol–water partition coefficient (Wildman–Crippen LogP) is 6.68. The van der Waals surface area contributed by atoms with Crippen LogP contribution in [0.25, 0.3) is 0 Å². The first-order valence-corrected chi connectivity index (χ1v) is 14.0. The van der Waals surface area contributed by atoms with Crippen LogP contribution in [-0.4, -0.2) is 34.5 Å². The molecular formula is C30H27N5OS2. The Balaban J connectivity index is 1.51. The van der Waals surface area contributed by atoms with Crippen LogP contribution in [0.2, 0.25) is 0 Å². The monoisotopic (exact) mass is 537 g/mol. The Morgan fingerprint density at radius 3 is 2.39 bits per heavy atom. The highest BCUT2D eigenvalue weighted by molar-refractivity contribution is 8.19. The second-order valence-corrected chi connectivity index (χ2v) is 10.7. The third-order valence-electron chi connectivity index (χ3n) is 6.22. The van der Waals surface area contributed by atoms with E-state index in [1.54, 1.807) is 28.8 Å². The number of nitrogens with zero attached hydrogens (tertiary/aromatic N) is 4. The van der Waals surface area contributed by atoms with Crippen LogP contribution in [0.4, 0.5) is 11.4 Å². The number of nitrogens with one attached hydrogen (secondary N) is 1. The Bertz CT molecular complexity index is 1480. The molecule has 2 aliphatic rings. The van der Waals surface area contributed by atoms with Crippen molar-refractivity contribution in [2.75, 3.05) is 18.9 Å². The molecule has 0 aliphatic carbocycles. The summed E-state index contributed by atoms with van der Waals surface area (Å²) in [6, 6.07) is 27.9. The molecule has 0 saturated carbocycles. The van der Waals surface area contributed by atoms with Gasteiger partial charge in [0.25, 0.3) is 5.91 Å². The third-order valence-corrected chi connectivity index (χ3v) is 8.51. The largest absolute Gasteiger partial charge is 0.384 e. The Morgan fingerprint density at radius 1 is 1.00 bits per heavy atom. The van der Waals surface area contributed by atoms with Gasteiger partial charge in [-0.1, -0.05) is 72.4 Å². The summed E-state index contributed by atoms with van der Waals surface area (Å²) in [7, 11) is 2.02. The number of hydrogen-bond donors (Lipinski definition) is 1. The smallest absolute Gasteiger partial charge is 0.269 e. The van der Waals surface area contributed by atoms with E-state index in [2.05, 4.69) is 33.8 Å². The van der Waals surface area contributed by atoms with Gasteiger partial charge in [0.1, 0.15) is 4.91 Å². The van der Waals surface area contributed by atoms with E-state index < -0.39 is 0 Å². The average molecular weight is 538 g/mol. The zero-order chi connectivity index (χ0) is 26.5. The van der Waals surface area contributed by atoms with Gasteiger partial charge in [0.05, 0.1) is 34.6 Å². The number of carbonyl (C=O) groups excluding carboxylic acids is 1. The van der Waals surface area contributed by atoms with E-state index in [1.165, 1.54) is 17.3 Å². The number of amides is 1. The topological polar surface area (TPSA) is 71.7 Å². The quantitative estimate of drug-likeness (QED) is 0.339. The number of amidine groups is 1. The Hall–Kier alpha value is -3.93. The van der Waals surface area contributed by atoms with Crippen LogP contribution in [-0.2, 0) is 17.8 Å². The van der Waals surface area contributed by atoms with Crippen LogP contribution >= 0.6 is 23.5 Å². The molecule has 3 aromatic rings. The van der Waals surface area contributed by atoms with E-state index in [0.717, 1.165) is 34.9 Å². The summed E-state index contributed by atoms with van der Waals surface area (Å²) in [5.74, 6) is -0.0669. The van der Waals surface area contributed by atoms with Crippen molar-refractivity contribution < 1.29 is 4.79 Å². The number of nitriles is 1. The van der Waals surface area contributed by atoms with Crippen LogP contribution in [0.15, 0.2) is 105 Å². The highest BCUT2D eigenvalue weighted by Gasteiger charge is 2.38. The molecule has 38 heavy (non-hydrogen) atoms. The fraction of sp³-hybridized carbons (Fsp3) is 0.167. The molecule has 6 nitrogen and oxygen atoms in total. The number of rotatable bonds is 7. The van der Waals surface area contributed by atoms with Crippen molar-refractivity contribution in [3.63, 3.8) is 0 Å². The minimum Gasteiger partial charge on any atom is -0.384 e. The van der Waals surface area contributed by atoms with Crippen molar-refractivity contribution in [3.8, 4) is 6.07 Å². The van der Waals surface area contributed by atoms with Gasteiger partial charge in [-0.15, -0.1) is 0 Å². The molecule has 0 atom stereocenters. The number of carbonyl (C=O) groups is 1. The van der Waals surface area contributed by atoms with Gasteiger partial charge >= 0.3 is 0 Å². The maximum absolute atomic E-state index is 13.9. The molecule has 0 spiro atoms. The maximum Gasteiger partial charge on any atom is 0.269 e. The molecular weight excluding hydrogens is 510 g/mol. The predicted molar refractivity (Wildman–Crippen MR) is 158 cm³/mol. The highest BCUT2D eigenvalue weighted by Crippen LogP contribution is 2.45. The Morgan fingerprint density at radius 2 is 1.71 bits per heavy atom. The molecule has 1 amide bonds. The van der Waals surface area contributed by atoms with Crippen LogP contribution < -0.4 is 5.32 Å². The van der Waals surface area contributed by atoms with Gasteiger partial charge in [0, 0.05) is 25.7 Å². The van der Waals surface area contributed by atoms with Crippen molar-refractivity contribution in [1.82, 2.24) is 9.80 Å². The molecule has 0 unspecified atom stereocenters. The number of thioether (sulfide) groups is 2. The first-order chi connectivity index (χ1) is 18.6. The Labute approximate surface area is 231 Å². The third kappa shape index (κ3) is 5.49. The van der Waals surface area contributed by atoms with Crippen molar-refractivity contribution in [2.24, 2.45) is 4.99 Å². The molecule has 2 heterocycles. The van der Waals surface area contributed by atoms with Crippen molar-refractivity contribution in [3.05, 3.63) is 117 Å². The number of hydrogen-bond acceptors (Lipinski definition) is 7. The SMILES string of the molecule is CCNc1ccc(C#N)cc1N=C1SC(=C2SC=C(Cc3ccccc3)N2C)C(=O)N1Cc1ccccc1. The minimum atomic E-state index is -0.0669. The summed E-state index contributed by atoms with van der Waals surface area (Å²) in [6.07, 6.45) is 0.793. The van der Waals surface area contributed by atoms with Crippen molar-refractivity contribution in [1.29, 1.82) is 5.26 Å². The van der Waals surface area contributed by atoms with Crippen molar-refractivity contribution >= 4 is 46.0 Å². The first-order valence-electron chi connectivity index (χ1n) is 12.4. The lowest BCUT2D eigenvalue weighted by Gasteiger charge is -2.19. The maximum atomic E-state index is 13.9. The molecule has 2 aliphatic heterocycles. The van der Waals surface area contributed by atoms with Gasteiger partial charge in [0.15, 0.2) is 5.17 Å². The molecule has 1 fully saturated rings. The Kier molecular flexibility index (Phi) is 7.87. The number of anilines is 1. The van der Waals surface area contributed by atoms with Crippen LogP contribution in [0, 0.1) is 11.3 Å². The molecule has 0 radical (unpaired) electrons. The van der Waals surface area contributed by atoms with Gasteiger partial charge in [-0.3, -0.25) is 9.69 Å². The summed E-state index contributed by atoms with van der Waals surface area (Å²) in [5.41, 5.74) is 5.38. The average Bonchev–Trinajstić information content (AvgIpc) is 3.45. The molecule has 8 heteroatoms. The lowest BCUT2D eigenvalue weighted by molar-refractivity contribution is -0.122. The molecule has 1 saturated heterocycles. The number of likely N-dealkylation sites (N-methyl/N-ethyl adjacent to an activating group) is 1. The van der Waals surface area contributed by atoms with E-state index in [1.807, 2.05) is 68.6 Å². The van der Waals surface area contributed by atoms with E-state index >= 15 is 0 Å². The normalized spacial score (nSPS) is 18.2. The first kappa shape index (κ1) is 25.7. The minimum absolute atomic E-state index is 0.0669. The summed E-state index contributed by atoms with van der Waals surface area (Å²) in [5, 5.41) is 16.4. The molecule has 0 aromatic heterocycles. The standard InChI is InChI=1S/C30H27N5OS2/c1-3-32-25-15-14-23(18-31)17-26(25)33-30-35(19-22-12-8-5-9-13-22)28(36)27(38-30)29-34(2)24(20-37-29)16-21-10-6-4-7-11-21/h4-15,17,20,32H,3,16,19H2,1-2H3. The summed E-state index contributed by atoms with van der Waals surface area (Å²) in [6.45, 7) is 3.14. The van der Waals surface area contributed by atoms with Gasteiger partial charge in [-0.25, -0.2) is 4.99 Å². The number of benzene rings is 3. The van der Waals surface area contributed by atoms with Crippen LogP contribution in [0.3, 0.4) is 0 Å². The second kappa shape index (κ2) is 11.6. The summed E-state index contributed by atoms with van der Waals surface area (Å²) >= 11 is 2.97. The van der Waals surface area contributed by atoms with E-state index in [0.29, 0.717) is 27.9 Å². The number of allylic oxidation sites excluding steroid dienone is 1. The van der Waals surface area contributed by atoms with E-state index in [-0.39, 0.29) is 5.91 Å². The lowest BCUT2D eigenvalue weighted by Crippen LogP contribution is -2.29. The van der Waals surface area contributed by atoms with Gasteiger partial charge in [-0.05, 0) is 53.4 Å². The van der Waals surface area contributed by atoms with Crippen LogP contribution in [0.1, 0.15) is 23.6 Å². The fourth-order valence-corrected chi connectivity index (χ4v) is 6.48. The molecule has 0 bridgehead atoms. The van der Waals surface area contributed by atoms with Crippen LogP contribution in [0.5, 0.6) is 0 Å². The van der Waals surface area contributed by atoms with E-state index in [9.17, 15) is 10.1 Å². The zero-order valence-electron chi connectivity index (χ0n) is 21.2. The molecule has 5 rings (SSSR count). The van der Waals surface area contributed by atoms with Gasteiger partial charge in [0.2, 0.25) is 0 Å². The second-order valence-electron chi connectivity index (χ2n) is 8.83. The van der Waals surface area contributed by atoms with E-state index in [4.69, 9.17) is 4.99 Å². The van der Waals surface area contributed by atoms with Gasteiger partial charge < -0.3 is 10.2 Å². The molecule has 3 aromatic carbocycles. The molecule has 1 N–H and O–H groups in total. The number of aliphatic imine (C=N–C) groups is 1. The fourth-order valence-electron chi connectivity index (χ4n) is 4.24.